The molecule has 1 aromatic carbocycles. The second-order valence-corrected chi connectivity index (χ2v) is 10.9. The summed E-state index contributed by atoms with van der Waals surface area (Å²) in [7, 11) is 0. The summed E-state index contributed by atoms with van der Waals surface area (Å²) >= 11 is 13.8. The van der Waals surface area contributed by atoms with Crippen LogP contribution in [0, 0.1) is 5.92 Å². The fourth-order valence-electron chi connectivity index (χ4n) is 5.08. The van der Waals surface area contributed by atoms with Crippen LogP contribution in [0.15, 0.2) is 33.3 Å². The van der Waals surface area contributed by atoms with E-state index < -0.39 is 0 Å². The third kappa shape index (κ3) is 5.20. The molecule has 32 heavy (non-hydrogen) atoms. The number of carbonyl (C=O) groups excluding carboxylic acids is 2. The third-order valence-corrected chi connectivity index (χ3v) is 7.90. The zero-order valence-corrected chi connectivity index (χ0v) is 21.7. The van der Waals surface area contributed by atoms with Crippen molar-refractivity contribution >= 4 is 55.3 Å². The lowest BCUT2D eigenvalue weighted by Crippen LogP contribution is -2.40. The molecule has 4 rings (SSSR count). The molecule has 1 aliphatic carbocycles. The molecule has 0 radical (unpaired) electrons. The van der Waals surface area contributed by atoms with Crippen molar-refractivity contribution in [3.63, 3.8) is 0 Å². The number of aryl methyl sites for hydroxylation is 2. The predicted octanol–water partition coefficient (Wildman–Crippen LogP) is 5.38. The Kier molecular flexibility index (Phi) is 7.58. The number of pyridine rings is 1. The Hall–Kier alpha value is -1.44. The summed E-state index contributed by atoms with van der Waals surface area (Å²) in [4.78, 5) is 30.3. The Morgan fingerprint density at radius 1 is 1.09 bits per heavy atom. The molecule has 1 saturated heterocycles. The summed E-state index contributed by atoms with van der Waals surface area (Å²) in [5.41, 5.74) is 10.2. The minimum Gasteiger partial charge on any atom is -0.370 e. The number of halogens is 3. The van der Waals surface area contributed by atoms with E-state index in [1.54, 1.807) is 0 Å². The van der Waals surface area contributed by atoms with Gasteiger partial charge in [0.25, 0.3) is 0 Å². The van der Waals surface area contributed by atoms with Gasteiger partial charge in [-0.3, -0.25) is 14.6 Å². The first-order valence-corrected chi connectivity index (χ1v) is 13.0. The van der Waals surface area contributed by atoms with Crippen LogP contribution in [0.2, 0.25) is 5.02 Å². The number of benzene rings is 1. The van der Waals surface area contributed by atoms with E-state index in [0.717, 1.165) is 58.4 Å². The van der Waals surface area contributed by atoms with Crippen molar-refractivity contribution in [1.29, 1.82) is 0 Å². The molecule has 2 amide bonds. The highest BCUT2D eigenvalue weighted by molar-refractivity contribution is 9.10. The zero-order chi connectivity index (χ0) is 22.8. The van der Waals surface area contributed by atoms with Crippen LogP contribution in [-0.4, -0.2) is 34.8 Å². The van der Waals surface area contributed by atoms with E-state index in [1.165, 1.54) is 16.7 Å². The van der Waals surface area contributed by atoms with Crippen molar-refractivity contribution in [2.45, 2.75) is 50.9 Å². The summed E-state index contributed by atoms with van der Waals surface area (Å²) < 4.78 is 2.03. The van der Waals surface area contributed by atoms with Gasteiger partial charge in [0.15, 0.2) is 0 Å². The molecule has 2 aromatic rings. The van der Waals surface area contributed by atoms with Gasteiger partial charge in [-0.05, 0) is 88.8 Å². The largest absolute Gasteiger partial charge is 0.370 e. The normalized spacial score (nSPS) is 18.6. The predicted molar refractivity (Wildman–Crippen MR) is 133 cm³/mol. The number of piperidine rings is 1. The lowest BCUT2D eigenvalue weighted by molar-refractivity contribution is -0.132. The minimum atomic E-state index is -0.355. The maximum atomic E-state index is 12.6. The van der Waals surface area contributed by atoms with Crippen LogP contribution in [-0.2, 0) is 22.4 Å². The van der Waals surface area contributed by atoms with E-state index in [2.05, 4.69) is 44.0 Å². The fraction of sp³-hybridized carbons (Fsp3) is 0.458. The van der Waals surface area contributed by atoms with E-state index in [9.17, 15) is 9.59 Å². The number of fused-ring (bicyclic) bond motifs is 2. The molecular formula is C24H26Br2ClN3O2. The minimum absolute atomic E-state index is 0.112. The van der Waals surface area contributed by atoms with Gasteiger partial charge in [0.1, 0.15) is 0 Å². The topological polar surface area (TPSA) is 76.3 Å². The van der Waals surface area contributed by atoms with Gasteiger partial charge >= 0.3 is 0 Å². The molecule has 2 heterocycles. The molecule has 5 nitrogen and oxygen atoms in total. The van der Waals surface area contributed by atoms with Gasteiger partial charge in [-0.25, -0.2) is 0 Å². The van der Waals surface area contributed by atoms with Gasteiger partial charge in [-0.2, -0.15) is 0 Å². The monoisotopic (exact) mass is 581 g/mol. The van der Waals surface area contributed by atoms with E-state index in [-0.39, 0.29) is 24.2 Å². The Bertz CT molecular complexity index is 1040. The molecule has 170 valence electrons. The number of carbonyl (C=O) groups is 2. The summed E-state index contributed by atoms with van der Waals surface area (Å²) in [5, 5.41) is 0.742. The summed E-state index contributed by atoms with van der Waals surface area (Å²) in [5.74, 6) is 0.300. The molecule has 1 aliphatic heterocycles. The van der Waals surface area contributed by atoms with Crippen molar-refractivity contribution in [1.82, 2.24) is 9.88 Å². The standard InChI is InChI=1S/C24H26Br2ClN3O2/c25-17-10-16-5-4-15-11-18(27)12-19(26)22(15)23(24(16)29-13-17)14-6-8-30(9-7-14)21(32)3-1-2-20(28)31/h10-14,23H,1-9H2,(H2,28,31). The molecule has 8 heteroatoms. The van der Waals surface area contributed by atoms with Crippen LogP contribution < -0.4 is 5.73 Å². The van der Waals surface area contributed by atoms with Crippen molar-refractivity contribution in [2.24, 2.45) is 11.7 Å². The highest BCUT2D eigenvalue weighted by Gasteiger charge is 2.36. The van der Waals surface area contributed by atoms with E-state index in [1.807, 2.05) is 17.2 Å². The molecule has 1 aromatic heterocycles. The number of rotatable bonds is 5. The molecule has 0 saturated carbocycles. The van der Waals surface area contributed by atoms with Gasteiger partial charge in [0.2, 0.25) is 11.8 Å². The van der Waals surface area contributed by atoms with Crippen molar-refractivity contribution in [2.75, 3.05) is 13.1 Å². The number of hydrogen-bond donors (Lipinski definition) is 1. The Morgan fingerprint density at radius 2 is 1.81 bits per heavy atom. The maximum absolute atomic E-state index is 12.6. The number of aromatic nitrogens is 1. The van der Waals surface area contributed by atoms with Gasteiger partial charge in [-0.1, -0.05) is 27.5 Å². The average molecular weight is 584 g/mol. The van der Waals surface area contributed by atoms with Gasteiger partial charge in [-0.15, -0.1) is 0 Å². The van der Waals surface area contributed by atoms with Crippen LogP contribution >= 0.6 is 43.5 Å². The first-order valence-electron chi connectivity index (χ1n) is 11.0. The summed E-state index contributed by atoms with van der Waals surface area (Å²) in [6.45, 7) is 1.45. The van der Waals surface area contributed by atoms with Crippen LogP contribution in [0.25, 0.3) is 0 Å². The maximum Gasteiger partial charge on any atom is 0.222 e. The number of nitrogens with zero attached hydrogens (tertiary/aromatic N) is 2. The van der Waals surface area contributed by atoms with Crippen molar-refractivity contribution < 1.29 is 9.59 Å². The van der Waals surface area contributed by atoms with Crippen molar-refractivity contribution in [3.8, 4) is 0 Å². The van der Waals surface area contributed by atoms with Gasteiger partial charge in [0, 0.05) is 52.0 Å². The number of amides is 2. The lowest BCUT2D eigenvalue weighted by Gasteiger charge is -2.37. The van der Waals surface area contributed by atoms with Crippen LogP contribution in [0.4, 0.5) is 0 Å². The Morgan fingerprint density at radius 3 is 2.53 bits per heavy atom. The van der Waals surface area contributed by atoms with Gasteiger partial charge in [0.05, 0.1) is 5.69 Å². The van der Waals surface area contributed by atoms with Crippen LogP contribution in [0.5, 0.6) is 0 Å². The van der Waals surface area contributed by atoms with E-state index in [0.29, 0.717) is 18.8 Å². The smallest absolute Gasteiger partial charge is 0.222 e. The summed E-state index contributed by atoms with van der Waals surface area (Å²) in [6.07, 6.45) is 6.72. The number of primary amides is 1. The first-order chi connectivity index (χ1) is 15.3. The Labute approximate surface area is 210 Å². The second-order valence-electron chi connectivity index (χ2n) is 8.67. The molecule has 1 atom stereocenters. The SMILES string of the molecule is NC(=O)CCCC(=O)N1CCC(C2c3ncc(Br)cc3CCc3cc(Cl)cc(Br)c32)CC1. The number of likely N-dealkylation sites (tertiary alicyclic amines) is 1. The first kappa shape index (κ1) is 23.7. The molecule has 0 bridgehead atoms. The third-order valence-electron chi connectivity index (χ3n) is 6.59. The number of nitrogens with two attached hydrogens (primary N) is 1. The Balaban J connectivity index is 1.58. The fourth-order valence-corrected chi connectivity index (χ4v) is 6.58. The second kappa shape index (κ2) is 10.2. The lowest BCUT2D eigenvalue weighted by atomic mass is 9.76. The summed E-state index contributed by atoms with van der Waals surface area (Å²) in [6, 6.07) is 6.26. The highest BCUT2D eigenvalue weighted by atomic mass is 79.9. The highest BCUT2D eigenvalue weighted by Crippen LogP contribution is 2.46. The van der Waals surface area contributed by atoms with Crippen LogP contribution in [0.1, 0.15) is 60.4 Å². The number of hydrogen-bond acceptors (Lipinski definition) is 3. The quantitative estimate of drug-likeness (QED) is 0.513. The van der Waals surface area contributed by atoms with Crippen molar-refractivity contribution in [3.05, 3.63) is 60.7 Å². The molecule has 1 unspecified atom stereocenters. The molecule has 1 fully saturated rings. The average Bonchev–Trinajstić information content (AvgIpc) is 2.90. The molecule has 0 spiro atoms. The molecule has 2 N–H and O–H groups in total. The van der Waals surface area contributed by atoms with Gasteiger partial charge < -0.3 is 10.6 Å². The molecular weight excluding hydrogens is 558 g/mol. The van der Waals surface area contributed by atoms with E-state index in [4.69, 9.17) is 22.3 Å². The van der Waals surface area contributed by atoms with E-state index >= 15 is 0 Å². The van der Waals surface area contributed by atoms with Crippen LogP contribution in [0.3, 0.4) is 0 Å². The zero-order valence-electron chi connectivity index (χ0n) is 17.8. The molecule has 2 aliphatic rings.